The van der Waals surface area contributed by atoms with Crippen molar-refractivity contribution in [1.29, 1.82) is 0 Å². The molecule has 202 valence electrons. The lowest BCUT2D eigenvalue weighted by atomic mass is 10.0. The molecule has 0 saturated carbocycles. The van der Waals surface area contributed by atoms with Crippen LogP contribution in [0.15, 0.2) is 12.4 Å². The SMILES string of the molecule is CCCCCCCCCCCCCCCCCCN1C=CN(CC)C1CCCCCCCCC. The maximum Gasteiger partial charge on any atom is 0.101 e. The van der Waals surface area contributed by atoms with Gasteiger partial charge in [-0.3, -0.25) is 0 Å². The van der Waals surface area contributed by atoms with Crippen molar-refractivity contribution < 1.29 is 0 Å². The number of hydrogen-bond donors (Lipinski definition) is 0. The number of nitrogens with zero attached hydrogens (tertiary/aromatic N) is 2. The van der Waals surface area contributed by atoms with Crippen LogP contribution in [0, 0.1) is 0 Å². The van der Waals surface area contributed by atoms with E-state index in [2.05, 4.69) is 43.0 Å². The zero-order chi connectivity index (χ0) is 24.5. The molecule has 0 N–H and O–H groups in total. The third-order valence-electron chi connectivity index (χ3n) is 7.92. The van der Waals surface area contributed by atoms with Crippen LogP contribution in [0.3, 0.4) is 0 Å². The molecule has 0 aromatic rings. The highest BCUT2D eigenvalue weighted by Crippen LogP contribution is 2.22. The molecule has 34 heavy (non-hydrogen) atoms. The summed E-state index contributed by atoms with van der Waals surface area (Å²) >= 11 is 0. The van der Waals surface area contributed by atoms with Gasteiger partial charge in [-0.15, -0.1) is 0 Å². The fourth-order valence-corrected chi connectivity index (χ4v) is 5.56. The highest BCUT2D eigenvalue weighted by Gasteiger charge is 2.23. The third-order valence-corrected chi connectivity index (χ3v) is 7.92. The minimum atomic E-state index is 0.636. The fraction of sp³-hybridized carbons (Fsp3) is 0.938. The van der Waals surface area contributed by atoms with Crippen molar-refractivity contribution in [3.63, 3.8) is 0 Å². The van der Waals surface area contributed by atoms with Crippen LogP contribution in [0.2, 0.25) is 0 Å². The first kappa shape index (κ1) is 31.4. The van der Waals surface area contributed by atoms with Gasteiger partial charge in [0.15, 0.2) is 0 Å². The Morgan fingerprint density at radius 1 is 0.412 bits per heavy atom. The van der Waals surface area contributed by atoms with Crippen molar-refractivity contribution in [2.24, 2.45) is 0 Å². The Morgan fingerprint density at radius 3 is 1.18 bits per heavy atom. The summed E-state index contributed by atoms with van der Waals surface area (Å²) in [6.07, 6.45) is 39.8. The standard InChI is InChI=1S/C32H64N2/c1-4-7-9-11-13-14-15-16-17-18-19-20-21-23-25-27-29-34-31-30-33(6-3)32(34)28-26-24-22-12-10-8-5-2/h30-32H,4-29H2,1-3H3. The largest absolute Gasteiger partial charge is 0.356 e. The van der Waals surface area contributed by atoms with Crippen molar-refractivity contribution >= 4 is 0 Å². The van der Waals surface area contributed by atoms with Crippen LogP contribution >= 0.6 is 0 Å². The second-order valence-corrected chi connectivity index (χ2v) is 11.1. The highest BCUT2D eigenvalue weighted by molar-refractivity contribution is 4.96. The summed E-state index contributed by atoms with van der Waals surface area (Å²) in [4.78, 5) is 5.20. The van der Waals surface area contributed by atoms with Gasteiger partial charge in [-0.25, -0.2) is 0 Å². The molecule has 1 heterocycles. The van der Waals surface area contributed by atoms with E-state index in [0.29, 0.717) is 6.17 Å². The van der Waals surface area contributed by atoms with Crippen molar-refractivity contribution in [1.82, 2.24) is 9.80 Å². The molecule has 0 aromatic carbocycles. The summed E-state index contributed by atoms with van der Waals surface area (Å²) in [5.41, 5.74) is 0. The van der Waals surface area contributed by atoms with E-state index in [1.807, 2.05) is 0 Å². The van der Waals surface area contributed by atoms with Crippen LogP contribution in [0.25, 0.3) is 0 Å². The average molecular weight is 477 g/mol. The van der Waals surface area contributed by atoms with E-state index in [9.17, 15) is 0 Å². The Morgan fingerprint density at radius 2 is 0.765 bits per heavy atom. The second-order valence-electron chi connectivity index (χ2n) is 11.1. The normalized spacial score (nSPS) is 15.7. The molecule has 2 heteroatoms. The Kier molecular flexibility index (Phi) is 22.2. The Labute approximate surface area is 216 Å². The Hall–Kier alpha value is -0.660. The lowest BCUT2D eigenvalue weighted by molar-refractivity contribution is 0.142. The average Bonchev–Trinajstić information content (AvgIpc) is 3.24. The molecule has 1 atom stereocenters. The molecule has 2 nitrogen and oxygen atoms in total. The van der Waals surface area contributed by atoms with Gasteiger partial charge in [0, 0.05) is 25.5 Å². The molecule has 0 saturated heterocycles. The van der Waals surface area contributed by atoms with Crippen LogP contribution in [0.1, 0.15) is 175 Å². The first-order valence-electron chi connectivity index (χ1n) is 16.0. The quantitative estimate of drug-likeness (QED) is 0.114. The van der Waals surface area contributed by atoms with Gasteiger partial charge in [0.1, 0.15) is 6.17 Å². The molecule has 0 bridgehead atoms. The molecule has 0 fully saturated rings. The molecule has 1 aliphatic rings. The van der Waals surface area contributed by atoms with Gasteiger partial charge in [0.05, 0.1) is 0 Å². The van der Waals surface area contributed by atoms with Crippen molar-refractivity contribution in [3.8, 4) is 0 Å². The summed E-state index contributed by atoms with van der Waals surface area (Å²) < 4.78 is 0. The van der Waals surface area contributed by atoms with Gasteiger partial charge in [-0.1, -0.05) is 149 Å². The Balaban J connectivity index is 1.93. The van der Waals surface area contributed by atoms with E-state index in [-0.39, 0.29) is 0 Å². The van der Waals surface area contributed by atoms with E-state index in [1.165, 1.54) is 161 Å². The van der Waals surface area contributed by atoms with Gasteiger partial charge >= 0.3 is 0 Å². The van der Waals surface area contributed by atoms with Gasteiger partial charge < -0.3 is 9.80 Å². The molecule has 1 rings (SSSR count). The van der Waals surface area contributed by atoms with Crippen LogP contribution in [0.4, 0.5) is 0 Å². The summed E-state index contributed by atoms with van der Waals surface area (Å²) in [6.45, 7) is 9.32. The lowest BCUT2D eigenvalue weighted by Gasteiger charge is -2.32. The smallest absolute Gasteiger partial charge is 0.101 e. The predicted octanol–water partition coefficient (Wildman–Crippen LogP) is 10.8. The first-order valence-corrected chi connectivity index (χ1v) is 16.0. The topological polar surface area (TPSA) is 6.48 Å². The first-order chi connectivity index (χ1) is 16.8. The second kappa shape index (κ2) is 24.1. The number of unbranched alkanes of at least 4 members (excludes halogenated alkanes) is 21. The fourth-order valence-electron chi connectivity index (χ4n) is 5.56. The molecule has 0 aliphatic carbocycles. The highest BCUT2D eigenvalue weighted by atomic mass is 15.4. The molecule has 0 radical (unpaired) electrons. The minimum absolute atomic E-state index is 0.636. The van der Waals surface area contributed by atoms with Gasteiger partial charge in [0.25, 0.3) is 0 Å². The van der Waals surface area contributed by atoms with E-state index in [4.69, 9.17) is 0 Å². The van der Waals surface area contributed by atoms with Crippen LogP contribution in [0.5, 0.6) is 0 Å². The van der Waals surface area contributed by atoms with Gasteiger partial charge in [-0.2, -0.15) is 0 Å². The van der Waals surface area contributed by atoms with Crippen molar-refractivity contribution in [2.45, 2.75) is 181 Å². The summed E-state index contributed by atoms with van der Waals surface area (Å²) in [7, 11) is 0. The minimum Gasteiger partial charge on any atom is -0.356 e. The molecule has 1 unspecified atom stereocenters. The van der Waals surface area contributed by atoms with Crippen LogP contribution < -0.4 is 0 Å². The summed E-state index contributed by atoms with van der Waals surface area (Å²) in [5, 5.41) is 0. The predicted molar refractivity (Wildman–Crippen MR) is 154 cm³/mol. The van der Waals surface area contributed by atoms with Crippen molar-refractivity contribution in [2.75, 3.05) is 13.1 Å². The molecule has 1 aliphatic heterocycles. The van der Waals surface area contributed by atoms with E-state index in [1.54, 1.807) is 0 Å². The van der Waals surface area contributed by atoms with Crippen LogP contribution in [-0.2, 0) is 0 Å². The number of hydrogen-bond acceptors (Lipinski definition) is 2. The van der Waals surface area contributed by atoms with Crippen molar-refractivity contribution in [3.05, 3.63) is 12.4 Å². The van der Waals surface area contributed by atoms with E-state index < -0.39 is 0 Å². The maximum absolute atomic E-state index is 2.64. The molecule has 0 aromatic heterocycles. The van der Waals surface area contributed by atoms with E-state index in [0.717, 1.165) is 6.54 Å². The molecular weight excluding hydrogens is 412 g/mol. The van der Waals surface area contributed by atoms with Crippen LogP contribution in [-0.4, -0.2) is 29.1 Å². The zero-order valence-corrected chi connectivity index (χ0v) is 24.0. The lowest BCUT2D eigenvalue weighted by Crippen LogP contribution is -2.38. The monoisotopic (exact) mass is 477 g/mol. The summed E-state index contributed by atoms with van der Waals surface area (Å²) in [5.74, 6) is 0. The van der Waals surface area contributed by atoms with E-state index >= 15 is 0 Å². The molecule has 0 amide bonds. The maximum atomic E-state index is 2.64. The van der Waals surface area contributed by atoms with Gasteiger partial charge in [-0.05, 0) is 26.2 Å². The zero-order valence-electron chi connectivity index (χ0n) is 24.0. The molecule has 0 spiro atoms. The third kappa shape index (κ3) is 16.9. The number of rotatable bonds is 26. The summed E-state index contributed by atoms with van der Waals surface area (Å²) in [6, 6.07) is 0. The molecular formula is C32H64N2. The Bertz CT molecular complexity index is 433. The van der Waals surface area contributed by atoms with Gasteiger partial charge in [0.2, 0.25) is 0 Å².